The van der Waals surface area contributed by atoms with Crippen LogP contribution < -0.4 is 10.2 Å². The van der Waals surface area contributed by atoms with Crippen LogP contribution in [0.1, 0.15) is 30.4 Å². The van der Waals surface area contributed by atoms with Crippen LogP contribution in [0, 0.1) is 0 Å². The zero-order chi connectivity index (χ0) is 18.9. The molecule has 0 aliphatic carbocycles. The highest BCUT2D eigenvalue weighted by atomic mass is 16.2. The van der Waals surface area contributed by atoms with E-state index in [0.717, 1.165) is 13.0 Å². The lowest BCUT2D eigenvalue weighted by Gasteiger charge is -2.29. The van der Waals surface area contributed by atoms with E-state index in [-0.39, 0.29) is 5.91 Å². The van der Waals surface area contributed by atoms with Crippen LogP contribution in [-0.2, 0) is 17.8 Å². The molecule has 2 aromatic carbocycles. The van der Waals surface area contributed by atoms with Gasteiger partial charge in [-0.2, -0.15) is 0 Å². The minimum Gasteiger partial charge on any atom is -0.372 e. The maximum Gasteiger partial charge on any atom is 0.234 e. The molecule has 0 atom stereocenters. The molecule has 1 N–H and O–H groups in total. The van der Waals surface area contributed by atoms with Gasteiger partial charge in [-0.15, -0.1) is 0 Å². The van der Waals surface area contributed by atoms with Gasteiger partial charge in [0.1, 0.15) is 0 Å². The SMILES string of the molecule is CN(CC(=O)NCCc1ccccc1)Cc1ccc(N2CCCCC2)cc1. The Morgan fingerprint density at radius 2 is 1.67 bits per heavy atom. The van der Waals surface area contributed by atoms with Crippen molar-refractivity contribution in [3.63, 3.8) is 0 Å². The number of amides is 1. The summed E-state index contributed by atoms with van der Waals surface area (Å²) in [6, 6.07) is 19.1. The fourth-order valence-electron chi connectivity index (χ4n) is 3.62. The Hall–Kier alpha value is -2.33. The molecule has 4 nitrogen and oxygen atoms in total. The average molecular weight is 366 g/mol. The van der Waals surface area contributed by atoms with Crippen molar-refractivity contribution >= 4 is 11.6 Å². The van der Waals surface area contributed by atoms with Crippen LogP contribution in [0.15, 0.2) is 54.6 Å². The van der Waals surface area contributed by atoms with Crippen LogP contribution in [-0.4, -0.2) is 44.0 Å². The van der Waals surface area contributed by atoms with Gasteiger partial charge in [0.25, 0.3) is 0 Å². The lowest BCUT2D eigenvalue weighted by atomic mass is 10.1. The van der Waals surface area contributed by atoms with Gasteiger partial charge in [-0.05, 0) is 56.0 Å². The van der Waals surface area contributed by atoms with Crippen molar-refractivity contribution in [2.75, 3.05) is 38.1 Å². The van der Waals surface area contributed by atoms with Gasteiger partial charge in [0.15, 0.2) is 0 Å². The molecular formula is C23H31N3O. The molecule has 3 rings (SSSR count). The highest BCUT2D eigenvalue weighted by Crippen LogP contribution is 2.20. The van der Waals surface area contributed by atoms with Crippen molar-refractivity contribution in [3.8, 4) is 0 Å². The van der Waals surface area contributed by atoms with Crippen LogP contribution >= 0.6 is 0 Å². The van der Waals surface area contributed by atoms with Gasteiger partial charge in [-0.25, -0.2) is 0 Å². The number of piperidine rings is 1. The summed E-state index contributed by atoms with van der Waals surface area (Å²) >= 11 is 0. The number of benzene rings is 2. The van der Waals surface area contributed by atoms with E-state index in [1.807, 2.05) is 25.2 Å². The molecule has 1 aliphatic heterocycles. The smallest absolute Gasteiger partial charge is 0.234 e. The lowest BCUT2D eigenvalue weighted by Crippen LogP contribution is -2.35. The van der Waals surface area contributed by atoms with E-state index in [2.05, 4.69) is 51.5 Å². The van der Waals surface area contributed by atoms with Crippen LogP contribution in [0.4, 0.5) is 5.69 Å². The number of likely N-dealkylation sites (N-methyl/N-ethyl adjacent to an activating group) is 1. The molecule has 1 heterocycles. The Morgan fingerprint density at radius 3 is 2.37 bits per heavy atom. The van der Waals surface area contributed by atoms with E-state index >= 15 is 0 Å². The lowest BCUT2D eigenvalue weighted by molar-refractivity contribution is -0.122. The van der Waals surface area contributed by atoms with Crippen molar-refractivity contribution in [3.05, 3.63) is 65.7 Å². The van der Waals surface area contributed by atoms with E-state index in [1.54, 1.807) is 0 Å². The molecular weight excluding hydrogens is 334 g/mol. The monoisotopic (exact) mass is 365 g/mol. The molecule has 4 heteroatoms. The Morgan fingerprint density at radius 1 is 0.963 bits per heavy atom. The van der Waals surface area contributed by atoms with E-state index in [1.165, 1.54) is 49.2 Å². The van der Waals surface area contributed by atoms with Crippen LogP contribution in [0.3, 0.4) is 0 Å². The first-order valence-electron chi connectivity index (χ1n) is 10.0. The van der Waals surface area contributed by atoms with Crippen molar-refractivity contribution in [1.82, 2.24) is 10.2 Å². The molecule has 0 radical (unpaired) electrons. The maximum atomic E-state index is 12.1. The molecule has 0 aromatic heterocycles. The van der Waals surface area contributed by atoms with E-state index in [9.17, 15) is 4.79 Å². The number of carbonyl (C=O) groups is 1. The normalized spacial score (nSPS) is 14.4. The number of hydrogen-bond acceptors (Lipinski definition) is 3. The molecule has 1 aliphatic rings. The van der Waals surface area contributed by atoms with Crippen molar-refractivity contribution in [2.45, 2.75) is 32.2 Å². The third-order valence-corrected chi connectivity index (χ3v) is 5.10. The standard InChI is InChI=1S/C23H31N3O/c1-25(19-23(27)24-15-14-20-8-4-2-5-9-20)18-21-10-12-22(13-11-21)26-16-6-3-7-17-26/h2,4-5,8-13H,3,6-7,14-19H2,1H3,(H,24,27). The first kappa shape index (κ1) is 19.4. The second-order valence-corrected chi connectivity index (χ2v) is 7.47. The highest BCUT2D eigenvalue weighted by Gasteiger charge is 2.11. The van der Waals surface area contributed by atoms with Gasteiger partial charge in [0.2, 0.25) is 5.91 Å². The molecule has 0 saturated carbocycles. The van der Waals surface area contributed by atoms with Crippen molar-refractivity contribution in [1.29, 1.82) is 0 Å². The van der Waals surface area contributed by atoms with Crippen molar-refractivity contribution in [2.24, 2.45) is 0 Å². The molecule has 144 valence electrons. The molecule has 1 amide bonds. The van der Waals surface area contributed by atoms with E-state index in [0.29, 0.717) is 13.1 Å². The summed E-state index contributed by atoms with van der Waals surface area (Å²) in [5.41, 5.74) is 3.81. The van der Waals surface area contributed by atoms with Gasteiger partial charge < -0.3 is 10.2 Å². The fourth-order valence-corrected chi connectivity index (χ4v) is 3.62. The summed E-state index contributed by atoms with van der Waals surface area (Å²) in [6.45, 7) is 4.22. The number of anilines is 1. The van der Waals surface area contributed by atoms with E-state index in [4.69, 9.17) is 0 Å². The highest BCUT2D eigenvalue weighted by molar-refractivity contribution is 5.77. The van der Waals surface area contributed by atoms with Gasteiger partial charge in [-0.3, -0.25) is 9.69 Å². The molecule has 0 spiro atoms. The first-order valence-corrected chi connectivity index (χ1v) is 10.0. The maximum absolute atomic E-state index is 12.1. The fraction of sp³-hybridized carbons (Fsp3) is 0.435. The zero-order valence-electron chi connectivity index (χ0n) is 16.4. The Bertz CT molecular complexity index is 693. The molecule has 0 bridgehead atoms. The number of hydrogen-bond donors (Lipinski definition) is 1. The van der Waals surface area contributed by atoms with Crippen LogP contribution in [0.2, 0.25) is 0 Å². The number of nitrogens with zero attached hydrogens (tertiary/aromatic N) is 2. The summed E-state index contributed by atoms with van der Waals surface area (Å²) in [7, 11) is 2.00. The molecule has 0 unspecified atom stereocenters. The largest absolute Gasteiger partial charge is 0.372 e. The minimum absolute atomic E-state index is 0.0818. The number of nitrogens with one attached hydrogen (secondary N) is 1. The Labute approximate surface area is 163 Å². The summed E-state index contributed by atoms with van der Waals surface area (Å²) in [5.74, 6) is 0.0818. The third kappa shape index (κ3) is 6.40. The summed E-state index contributed by atoms with van der Waals surface area (Å²) < 4.78 is 0. The summed E-state index contributed by atoms with van der Waals surface area (Å²) in [4.78, 5) is 16.7. The Kier molecular flexibility index (Phi) is 7.28. The topological polar surface area (TPSA) is 35.6 Å². The van der Waals surface area contributed by atoms with Crippen molar-refractivity contribution < 1.29 is 4.79 Å². The van der Waals surface area contributed by atoms with Crippen LogP contribution in [0.5, 0.6) is 0 Å². The van der Waals surface area contributed by atoms with Crippen LogP contribution in [0.25, 0.3) is 0 Å². The summed E-state index contributed by atoms with van der Waals surface area (Å²) in [5, 5.41) is 3.01. The number of carbonyl (C=O) groups excluding carboxylic acids is 1. The molecule has 1 saturated heterocycles. The van der Waals surface area contributed by atoms with E-state index < -0.39 is 0 Å². The molecule has 2 aromatic rings. The van der Waals surface area contributed by atoms with Gasteiger partial charge in [0, 0.05) is 31.9 Å². The molecule has 1 fully saturated rings. The van der Waals surface area contributed by atoms with Gasteiger partial charge >= 0.3 is 0 Å². The second-order valence-electron chi connectivity index (χ2n) is 7.47. The molecule has 27 heavy (non-hydrogen) atoms. The third-order valence-electron chi connectivity index (χ3n) is 5.10. The van der Waals surface area contributed by atoms with Gasteiger partial charge in [-0.1, -0.05) is 42.5 Å². The zero-order valence-corrected chi connectivity index (χ0v) is 16.4. The minimum atomic E-state index is 0.0818. The first-order chi connectivity index (χ1) is 13.2. The predicted octanol–water partition coefficient (Wildman–Crippen LogP) is 3.47. The quantitative estimate of drug-likeness (QED) is 0.778. The predicted molar refractivity (Wildman–Crippen MR) is 112 cm³/mol. The second kappa shape index (κ2) is 10.1. The Balaban J connectivity index is 1.39. The summed E-state index contributed by atoms with van der Waals surface area (Å²) in [6.07, 6.45) is 4.81. The average Bonchev–Trinajstić information content (AvgIpc) is 2.70. The number of rotatable bonds is 8. The van der Waals surface area contributed by atoms with Gasteiger partial charge in [0.05, 0.1) is 6.54 Å².